The number of hydrogen-bond donors (Lipinski definition) is 0. The average Bonchev–Trinajstić information content (AvgIpc) is 2.61. The van der Waals surface area contributed by atoms with Crippen LogP contribution in [0.25, 0.3) is 0 Å². The molecule has 2 aromatic rings. The predicted octanol–water partition coefficient (Wildman–Crippen LogP) is 6.31. The van der Waals surface area contributed by atoms with Gasteiger partial charge in [-0.2, -0.15) is 0 Å². The first-order valence-electron chi connectivity index (χ1n) is 9.68. The maximum Gasteiger partial charge on any atom is 0.0430 e. The molecule has 26 heavy (non-hydrogen) atoms. The number of allylic oxidation sites excluding steroid dienone is 2. The Kier molecular flexibility index (Phi) is 6.47. The lowest BCUT2D eigenvalue weighted by Crippen LogP contribution is -2.41. The summed E-state index contributed by atoms with van der Waals surface area (Å²) >= 11 is 0. The normalized spacial score (nSPS) is 14.5. The average molecular weight is 350 g/mol. The van der Waals surface area contributed by atoms with Crippen molar-refractivity contribution in [3.8, 4) is 0 Å². The largest absolute Gasteiger partial charge is 0.307 e. The molecule has 2 rings (SSSR count). The lowest BCUT2D eigenvalue weighted by molar-refractivity contribution is 0.255. The van der Waals surface area contributed by atoms with Crippen molar-refractivity contribution in [3.63, 3.8) is 0 Å². The van der Waals surface area contributed by atoms with Gasteiger partial charge in [-0.05, 0) is 50.9 Å². The molecule has 0 aliphatic heterocycles. The minimum Gasteiger partial charge on any atom is -0.307 e. The summed E-state index contributed by atoms with van der Waals surface area (Å²) in [5.74, 6) is 0. The second kappa shape index (κ2) is 8.22. The Morgan fingerprint density at radius 1 is 0.885 bits per heavy atom. The topological polar surface area (TPSA) is 3.24 Å². The summed E-state index contributed by atoms with van der Waals surface area (Å²) < 4.78 is 0. The van der Waals surface area contributed by atoms with Crippen molar-refractivity contribution >= 4 is 0 Å². The van der Waals surface area contributed by atoms with Crippen molar-refractivity contribution < 1.29 is 0 Å². The minimum atomic E-state index is -0.140. The molecule has 1 heteroatoms. The molecule has 1 nitrogen and oxygen atoms in total. The van der Waals surface area contributed by atoms with E-state index in [2.05, 4.69) is 120 Å². The van der Waals surface area contributed by atoms with Gasteiger partial charge in [0.1, 0.15) is 0 Å². The maximum absolute atomic E-state index is 2.35. The summed E-state index contributed by atoms with van der Waals surface area (Å²) in [5, 5.41) is 0. The molecule has 0 aliphatic rings. The first-order valence-corrected chi connectivity index (χ1v) is 9.68. The standard InChI is InChI=1S/C25H35N/c1-8-23(24(3,4)5)25(19-20(2)26(6)7,21-15-11-9-12-16-21)22-17-13-10-14-18-22/h8-18,20H,19H2,1-7H3/b23-8+. The number of nitrogens with zero attached hydrogens (tertiary/aromatic N) is 1. The predicted molar refractivity (Wildman–Crippen MR) is 115 cm³/mol. The molecule has 0 spiro atoms. The second-order valence-electron chi connectivity index (χ2n) is 8.61. The van der Waals surface area contributed by atoms with Gasteiger partial charge in [-0.25, -0.2) is 0 Å². The zero-order valence-electron chi connectivity index (χ0n) is 17.6. The quantitative estimate of drug-likeness (QED) is 0.553. The molecule has 0 amide bonds. The van der Waals surface area contributed by atoms with Gasteiger partial charge in [0.15, 0.2) is 0 Å². The number of benzene rings is 2. The van der Waals surface area contributed by atoms with Crippen LogP contribution in [0, 0.1) is 5.41 Å². The molecule has 0 saturated carbocycles. The van der Waals surface area contributed by atoms with Gasteiger partial charge in [0.2, 0.25) is 0 Å². The fourth-order valence-corrected chi connectivity index (χ4v) is 4.21. The van der Waals surface area contributed by atoms with Crippen molar-refractivity contribution in [2.24, 2.45) is 5.41 Å². The van der Waals surface area contributed by atoms with E-state index in [1.807, 2.05) is 0 Å². The van der Waals surface area contributed by atoms with Crippen LogP contribution in [0.2, 0.25) is 0 Å². The van der Waals surface area contributed by atoms with Gasteiger partial charge >= 0.3 is 0 Å². The van der Waals surface area contributed by atoms with Crippen LogP contribution in [0.15, 0.2) is 72.3 Å². The molecule has 0 aromatic heterocycles. The Bertz CT molecular complexity index is 665. The molecule has 140 valence electrons. The molecule has 0 saturated heterocycles. The van der Waals surface area contributed by atoms with E-state index >= 15 is 0 Å². The number of hydrogen-bond acceptors (Lipinski definition) is 1. The lowest BCUT2D eigenvalue weighted by atomic mass is 9.59. The van der Waals surface area contributed by atoms with Crippen LogP contribution >= 0.6 is 0 Å². The molecule has 2 aromatic carbocycles. The van der Waals surface area contributed by atoms with E-state index in [0.717, 1.165) is 6.42 Å². The van der Waals surface area contributed by atoms with E-state index in [0.29, 0.717) is 6.04 Å². The van der Waals surface area contributed by atoms with Gasteiger partial charge in [-0.1, -0.05) is 93.1 Å². The highest BCUT2D eigenvalue weighted by Gasteiger charge is 2.43. The Morgan fingerprint density at radius 3 is 1.62 bits per heavy atom. The van der Waals surface area contributed by atoms with Crippen LogP contribution in [0.4, 0.5) is 0 Å². The van der Waals surface area contributed by atoms with Crippen molar-refractivity contribution in [2.75, 3.05) is 14.1 Å². The zero-order valence-corrected chi connectivity index (χ0v) is 17.6. The summed E-state index contributed by atoms with van der Waals surface area (Å²) in [6, 6.07) is 22.5. The summed E-state index contributed by atoms with van der Waals surface area (Å²) in [5.41, 5.74) is 4.17. The van der Waals surface area contributed by atoms with Crippen LogP contribution in [0.5, 0.6) is 0 Å². The molecule has 0 fully saturated rings. The molecule has 1 unspecified atom stereocenters. The van der Waals surface area contributed by atoms with E-state index < -0.39 is 0 Å². The van der Waals surface area contributed by atoms with Crippen LogP contribution in [-0.4, -0.2) is 25.0 Å². The number of rotatable bonds is 6. The summed E-state index contributed by atoms with van der Waals surface area (Å²) in [4.78, 5) is 2.33. The van der Waals surface area contributed by atoms with Gasteiger partial charge < -0.3 is 4.90 Å². The van der Waals surface area contributed by atoms with Gasteiger partial charge in [0, 0.05) is 11.5 Å². The zero-order chi connectivity index (χ0) is 19.4. The fraction of sp³-hybridized carbons (Fsp3) is 0.440. The maximum atomic E-state index is 2.35. The Morgan fingerprint density at radius 2 is 1.31 bits per heavy atom. The first-order chi connectivity index (χ1) is 12.2. The van der Waals surface area contributed by atoms with E-state index in [9.17, 15) is 0 Å². The highest BCUT2D eigenvalue weighted by Crippen LogP contribution is 2.50. The first kappa shape index (κ1) is 20.5. The van der Waals surface area contributed by atoms with Crippen molar-refractivity contribution in [2.45, 2.75) is 52.5 Å². The molecular formula is C25H35N. The molecule has 0 radical (unpaired) electrons. The molecule has 0 bridgehead atoms. The van der Waals surface area contributed by atoms with Gasteiger partial charge in [0.25, 0.3) is 0 Å². The SMILES string of the molecule is C/C=C(\C(C)(C)C)C(CC(C)N(C)C)(c1ccccc1)c1ccccc1. The van der Waals surface area contributed by atoms with Gasteiger partial charge in [0.05, 0.1) is 0 Å². The van der Waals surface area contributed by atoms with Crippen molar-refractivity contribution in [3.05, 3.63) is 83.4 Å². The van der Waals surface area contributed by atoms with Gasteiger partial charge in [-0.3, -0.25) is 0 Å². The third-order valence-corrected chi connectivity index (χ3v) is 5.57. The Labute approximate surface area is 160 Å². The van der Waals surface area contributed by atoms with E-state index in [1.54, 1.807) is 0 Å². The second-order valence-corrected chi connectivity index (χ2v) is 8.61. The van der Waals surface area contributed by atoms with Gasteiger partial charge in [-0.15, -0.1) is 0 Å². The van der Waals surface area contributed by atoms with Crippen molar-refractivity contribution in [1.82, 2.24) is 4.90 Å². The summed E-state index contributed by atoms with van der Waals surface area (Å²) in [6.07, 6.45) is 3.40. The smallest absolute Gasteiger partial charge is 0.0430 e. The molecule has 0 heterocycles. The fourth-order valence-electron chi connectivity index (χ4n) is 4.21. The van der Waals surface area contributed by atoms with Crippen LogP contribution < -0.4 is 0 Å². The van der Waals surface area contributed by atoms with Crippen LogP contribution in [0.1, 0.15) is 52.2 Å². The van der Waals surface area contributed by atoms with E-state index in [-0.39, 0.29) is 10.8 Å². The highest BCUT2D eigenvalue weighted by atomic mass is 15.1. The van der Waals surface area contributed by atoms with Crippen LogP contribution in [0.3, 0.4) is 0 Å². The monoisotopic (exact) mass is 349 g/mol. The minimum absolute atomic E-state index is 0.0759. The lowest BCUT2D eigenvalue weighted by Gasteiger charge is -2.45. The Balaban J connectivity index is 2.84. The molecule has 0 N–H and O–H groups in total. The molecule has 0 aliphatic carbocycles. The third kappa shape index (κ3) is 4.10. The van der Waals surface area contributed by atoms with E-state index in [1.165, 1.54) is 16.7 Å². The molecular weight excluding hydrogens is 314 g/mol. The summed E-state index contributed by atoms with van der Waals surface area (Å²) in [7, 11) is 4.36. The van der Waals surface area contributed by atoms with Crippen LogP contribution in [-0.2, 0) is 5.41 Å². The van der Waals surface area contributed by atoms with Crippen molar-refractivity contribution in [1.29, 1.82) is 0 Å². The Hall–Kier alpha value is -1.86. The summed E-state index contributed by atoms with van der Waals surface area (Å²) in [6.45, 7) is 11.5. The third-order valence-electron chi connectivity index (χ3n) is 5.57. The van der Waals surface area contributed by atoms with E-state index in [4.69, 9.17) is 0 Å². The highest BCUT2D eigenvalue weighted by molar-refractivity contribution is 5.50. The molecule has 1 atom stereocenters.